The maximum absolute atomic E-state index is 13.0. The summed E-state index contributed by atoms with van der Waals surface area (Å²) in [7, 11) is 5.63. The molecule has 1 heterocycles. The van der Waals surface area contributed by atoms with Crippen LogP contribution in [-0.2, 0) is 4.74 Å². The molecule has 0 fully saturated rings. The van der Waals surface area contributed by atoms with Crippen molar-refractivity contribution in [1.29, 1.82) is 0 Å². The van der Waals surface area contributed by atoms with Gasteiger partial charge in [-0.15, -0.1) is 0 Å². The molecule has 1 aromatic heterocycles. The van der Waals surface area contributed by atoms with Crippen LogP contribution in [0.5, 0.6) is 17.2 Å². The van der Waals surface area contributed by atoms with Gasteiger partial charge in [0.1, 0.15) is 5.69 Å². The number of anilines is 1. The Kier molecular flexibility index (Phi) is 5.84. The van der Waals surface area contributed by atoms with E-state index >= 15 is 0 Å². The minimum atomic E-state index is -0.627. The first kappa shape index (κ1) is 20.3. The number of aromatic amines is 1. The Morgan fingerprint density at radius 1 is 0.966 bits per heavy atom. The summed E-state index contributed by atoms with van der Waals surface area (Å²) in [6, 6.07) is 8.04. The molecule has 8 nitrogen and oxygen atoms in total. The summed E-state index contributed by atoms with van der Waals surface area (Å²) < 4.78 is 20.7. The molecule has 3 aromatic rings. The predicted octanol–water partition coefficient (Wildman–Crippen LogP) is 3.89. The second-order valence-electron chi connectivity index (χ2n) is 5.92. The smallest absolute Gasteiger partial charge is 0.356 e. The fraction of sp³-hybridized carbons (Fsp3) is 0.200. The van der Waals surface area contributed by atoms with Crippen molar-refractivity contribution < 1.29 is 28.5 Å². The topological polar surface area (TPSA) is 98.9 Å². The summed E-state index contributed by atoms with van der Waals surface area (Å²) >= 11 is 6.09. The lowest BCUT2D eigenvalue weighted by Crippen LogP contribution is -2.15. The van der Waals surface area contributed by atoms with E-state index in [2.05, 4.69) is 10.3 Å². The van der Waals surface area contributed by atoms with Gasteiger partial charge in [0.25, 0.3) is 5.91 Å². The third-order valence-electron chi connectivity index (χ3n) is 4.32. The normalized spacial score (nSPS) is 10.5. The molecule has 0 radical (unpaired) electrons. The average molecular weight is 419 g/mol. The first-order chi connectivity index (χ1) is 13.9. The molecule has 0 saturated heterocycles. The van der Waals surface area contributed by atoms with Crippen LogP contribution in [0, 0.1) is 0 Å². The van der Waals surface area contributed by atoms with Gasteiger partial charge in [-0.2, -0.15) is 0 Å². The van der Waals surface area contributed by atoms with E-state index < -0.39 is 11.9 Å². The van der Waals surface area contributed by atoms with Gasteiger partial charge in [0, 0.05) is 21.5 Å². The Morgan fingerprint density at radius 3 is 2.17 bits per heavy atom. The SMILES string of the molecule is COC(=O)c1[nH]c2ccc(Cl)cc2c1NC(=O)c1cc(OC)c(OC)c(OC)c1. The molecule has 1 amide bonds. The van der Waals surface area contributed by atoms with E-state index in [4.69, 9.17) is 30.5 Å². The van der Waals surface area contributed by atoms with Crippen molar-refractivity contribution in [2.24, 2.45) is 0 Å². The largest absolute Gasteiger partial charge is 0.493 e. The van der Waals surface area contributed by atoms with Crippen LogP contribution in [0.4, 0.5) is 5.69 Å². The van der Waals surface area contributed by atoms with Crippen LogP contribution in [0.15, 0.2) is 30.3 Å². The number of fused-ring (bicyclic) bond motifs is 1. The highest BCUT2D eigenvalue weighted by atomic mass is 35.5. The number of carbonyl (C=O) groups is 2. The summed E-state index contributed by atoms with van der Waals surface area (Å²) in [6.07, 6.45) is 0. The van der Waals surface area contributed by atoms with Gasteiger partial charge in [0.2, 0.25) is 5.75 Å². The van der Waals surface area contributed by atoms with Crippen LogP contribution in [-0.4, -0.2) is 45.3 Å². The lowest BCUT2D eigenvalue weighted by molar-refractivity contribution is 0.0596. The molecule has 0 atom stereocenters. The van der Waals surface area contributed by atoms with Crippen molar-refractivity contribution in [2.45, 2.75) is 0 Å². The monoisotopic (exact) mass is 418 g/mol. The summed E-state index contributed by atoms with van der Waals surface area (Å²) in [5.41, 5.74) is 1.22. The van der Waals surface area contributed by atoms with E-state index in [9.17, 15) is 9.59 Å². The molecule has 2 N–H and O–H groups in total. The third-order valence-corrected chi connectivity index (χ3v) is 4.55. The lowest BCUT2D eigenvalue weighted by atomic mass is 10.1. The molecule has 0 saturated carbocycles. The van der Waals surface area contributed by atoms with E-state index in [-0.39, 0.29) is 16.9 Å². The zero-order valence-electron chi connectivity index (χ0n) is 16.2. The first-order valence-corrected chi connectivity index (χ1v) is 8.82. The van der Waals surface area contributed by atoms with Gasteiger partial charge >= 0.3 is 5.97 Å². The number of amides is 1. The Morgan fingerprint density at radius 2 is 1.62 bits per heavy atom. The van der Waals surface area contributed by atoms with Crippen molar-refractivity contribution >= 4 is 40.1 Å². The van der Waals surface area contributed by atoms with Crippen molar-refractivity contribution in [3.05, 3.63) is 46.6 Å². The second kappa shape index (κ2) is 8.32. The minimum absolute atomic E-state index is 0.102. The Labute approximate surface area is 171 Å². The van der Waals surface area contributed by atoms with Crippen LogP contribution in [0.1, 0.15) is 20.8 Å². The molecule has 152 valence electrons. The number of benzene rings is 2. The van der Waals surface area contributed by atoms with E-state index in [0.717, 1.165) is 0 Å². The standard InChI is InChI=1S/C20H19ClN2O6/c1-26-14-7-10(8-15(27-2)18(14)28-3)19(24)23-16-12-9-11(21)5-6-13(12)22-17(16)20(25)29-4/h5-9,22H,1-4H3,(H,23,24). The van der Waals surface area contributed by atoms with E-state index in [0.29, 0.717) is 33.2 Å². The summed E-state index contributed by atoms with van der Waals surface area (Å²) in [5.74, 6) is -0.104. The predicted molar refractivity (Wildman–Crippen MR) is 109 cm³/mol. The quantitative estimate of drug-likeness (QED) is 0.589. The number of methoxy groups -OCH3 is 4. The molecule has 0 aliphatic carbocycles. The highest BCUT2D eigenvalue weighted by Gasteiger charge is 2.23. The van der Waals surface area contributed by atoms with Gasteiger partial charge in [0.05, 0.1) is 34.1 Å². The number of ether oxygens (including phenoxy) is 4. The molecule has 29 heavy (non-hydrogen) atoms. The van der Waals surface area contributed by atoms with Gasteiger partial charge in [0.15, 0.2) is 11.5 Å². The van der Waals surface area contributed by atoms with Crippen LogP contribution >= 0.6 is 11.6 Å². The van der Waals surface area contributed by atoms with Gasteiger partial charge in [-0.25, -0.2) is 4.79 Å². The lowest BCUT2D eigenvalue weighted by Gasteiger charge is -2.14. The Hall–Kier alpha value is -3.39. The summed E-state index contributed by atoms with van der Waals surface area (Å²) in [4.78, 5) is 28.1. The van der Waals surface area contributed by atoms with Crippen molar-refractivity contribution in [3.63, 3.8) is 0 Å². The minimum Gasteiger partial charge on any atom is -0.493 e. The zero-order chi connectivity index (χ0) is 21.1. The second-order valence-corrected chi connectivity index (χ2v) is 6.36. The number of esters is 1. The molecular weight excluding hydrogens is 400 g/mol. The van der Waals surface area contributed by atoms with Crippen molar-refractivity contribution in [1.82, 2.24) is 4.98 Å². The molecule has 0 aliphatic heterocycles. The molecule has 0 bridgehead atoms. The van der Waals surface area contributed by atoms with Crippen LogP contribution in [0.25, 0.3) is 10.9 Å². The van der Waals surface area contributed by atoms with E-state index in [1.165, 1.54) is 40.6 Å². The van der Waals surface area contributed by atoms with E-state index in [1.807, 2.05) is 0 Å². The number of hydrogen-bond acceptors (Lipinski definition) is 6. The van der Waals surface area contributed by atoms with Crippen LogP contribution in [0.3, 0.4) is 0 Å². The van der Waals surface area contributed by atoms with Crippen LogP contribution < -0.4 is 19.5 Å². The van der Waals surface area contributed by atoms with Crippen molar-refractivity contribution in [3.8, 4) is 17.2 Å². The number of halogens is 1. The zero-order valence-corrected chi connectivity index (χ0v) is 17.0. The Bertz CT molecular complexity index is 1070. The number of aromatic nitrogens is 1. The van der Waals surface area contributed by atoms with Crippen molar-refractivity contribution in [2.75, 3.05) is 33.8 Å². The fourth-order valence-electron chi connectivity index (χ4n) is 2.95. The van der Waals surface area contributed by atoms with Gasteiger partial charge in [-0.3, -0.25) is 4.79 Å². The number of nitrogens with one attached hydrogen (secondary N) is 2. The fourth-order valence-corrected chi connectivity index (χ4v) is 3.12. The van der Waals surface area contributed by atoms with Gasteiger partial charge in [-0.05, 0) is 30.3 Å². The van der Waals surface area contributed by atoms with Gasteiger partial charge in [-0.1, -0.05) is 11.6 Å². The number of hydrogen-bond donors (Lipinski definition) is 2. The van der Waals surface area contributed by atoms with Gasteiger partial charge < -0.3 is 29.2 Å². The number of H-pyrrole nitrogens is 1. The highest BCUT2D eigenvalue weighted by Crippen LogP contribution is 2.39. The average Bonchev–Trinajstić information content (AvgIpc) is 3.09. The highest BCUT2D eigenvalue weighted by molar-refractivity contribution is 6.31. The molecule has 0 aliphatic rings. The molecule has 9 heteroatoms. The Balaban J connectivity index is 2.08. The number of carbonyl (C=O) groups excluding carboxylic acids is 2. The first-order valence-electron chi connectivity index (χ1n) is 8.44. The maximum Gasteiger partial charge on any atom is 0.356 e. The molecule has 0 unspecified atom stereocenters. The third kappa shape index (κ3) is 3.79. The van der Waals surface area contributed by atoms with Crippen LogP contribution in [0.2, 0.25) is 5.02 Å². The summed E-state index contributed by atoms with van der Waals surface area (Å²) in [5, 5.41) is 3.77. The molecule has 2 aromatic carbocycles. The molecule has 3 rings (SSSR count). The number of rotatable bonds is 6. The summed E-state index contributed by atoms with van der Waals surface area (Å²) in [6.45, 7) is 0. The maximum atomic E-state index is 13.0. The van der Waals surface area contributed by atoms with E-state index in [1.54, 1.807) is 18.2 Å². The molecular formula is C20H19ClN2O6. The molecule has 0 spiro atoms.